The van der Waals surface area contributed by atoms with E-state index in [1.165, 1.54) is 6.20 Å². The quantitative estimate of drug-likeness (QED) is 0.855. The van der Waals surface area contributed by atoms with Gasteiger partial charge in [-0.15, -0.1) is 0 Å². The average molecular weight is 350 g/mol. The summed E-state index contributed by atoms with van der Waals surface area (Å²) in [5, 5.41) is 19.7. The number of aryl methyl sites for hydroxylation is 1. The summed E-state index contributed by atoms with van der Waals surface area (Å²) in [7, 11) is -3.90. The molecule has 0 saturated carbocycles. The highest BCUT2D eigenvalue weighted by atomic mass is 32.2. The molecule has 1 aliphatic rings. The van der Waals surface area contributed by atoms with E-state index >= 15 is 0 Å². The molecule has 1 fully saturated rings. The van der Waals surface area contributed by atoms with Gasteiger partial charge in [0, 0.05) is 24.7 Å². The van der Waals surface area contributed by atoms with Gasteiger partial charge < -0.3 is 10.2 Å². The number of hydrogen-bond acceptors (Lipinski definition) is 5. The molecule has 0 amide bonds. The summed E-state index contributed by atoms with van der Waals surface area (Å²) in [4.78, 5) is 15.5. The van der Waals surface area contributed by atoms with Crippen molar-refractivity contribution in [2.45, 2.75) is 24.3 Å². The Kier molecular flexibility index (Phi) is 4.29. The Bertz CT molecular complexity index is 896. The van der Waals surface area contributed by atoms with Gasteiger partial charge in [0.1, 0.15) is 4.90 Å². The molecule has 7 nitrogen and oxygen atoms in total. The van der Waals surface area contributed by atoms with E-state index in [2.05, 4.69) is 4.98 Å². The van der Waals surface area contributed by atoms with Gasteiger partial charge in [-0.1, -0.05) is 6.07 Å². The minimum atomic E-state index is -3.90. The van der Waals surface area contributed by atoms with Crippen LogP contribution in [0.5, 0.6) is 0 Å². The molecule has 3 rings (SSSR count). The van der Waals surface area contributed by atoms with Gasteiger partial charge in [0.2, 0.25) is 10.0 Å². The third kappa shape index (κ3) is 2.88. The van der Waals surface area contributed by atoms with Crippen molar-refractivity contribution >= 4 is 26.9 Å². The Morgan fingerprint density at radius 3 is 2.83 bits per heavy atom. The minimum absolute atomic E-state index is 0.0682. The number of benzene rings is 1. The fourth-order valence-electron chi connectivity index (χ4n) is 3.01. The SMILES string of the molecule is Cc1cc(S(=O)(=O)N2CC[C@H](O)[C@@H](C(=O)O)C2)c2ncccc2c1. The summed E-state index contributed by atoms with van der Waals surface area (Å²) < 4.78 is 27.2. The number of carboxylic acid groups (broad SMARTS) is 1. The average Bonchev–Trinajstić information content (AvgIpc) is 2.53. The number of nitrogens with zero attached hydrogens (tertiary/aromatic N) is 2. The first-order chi connectivity index (χ1) is 11.3. The standard InChI is InChI=1S/C16H18N2O5S/c1-10-7-11-3-2-5-17-15(11)14(8-10)24(22,23)18-6-4-13(19)12(9-18)16(20)21/h2-3,5,7-8,12-13,19H,4,6,9H2,1H3,(H,20,21)/t12-,13-/m0/s1. The normalized spacial score (nSPS) is 22.6. The Morgan fingerprint density at radius 1 is 1.38 bits per heavy atom. The summed E-state index contributed by atoms with van der Waals surface area (Å²) in [6, 6.07) is 6.91. The van der Waals surface area contributed by atoms with E-state index in [1.54, 1.807) is 25.1 Å². The fourth-order valence-corrected chi connectivity index (χ4v) is 4.74. The van der Waals surface area contributed by atoms with Crippen LogP contribution in [0.1, 0.15) is 12.0 Å². The van der Waals surface area contributed by atoms with Gasteiger partial charge in [0.15, 0.2) is 0 Å². The number of aromatic nitrogens is 1. The van der Waals surface area contributed by atoms with E-state index < -0.39 is 28.0 Å². The van der Waals surface area contributed by atoms with E-state index in [-0.39, 0.29) is 24.4 Å². The molecule has 1 aromatic carbocycles. The Morgan fingerprint density at radius 2 is 2.12 bits per heavy atom. The zero-order valence-electron chi connectivity index (χ0n) is 13.1. The molecule has 24 heavy (non-hydrogen) atoms. The second-order valence-electron chi connectivity index (χ2n) is 6.00. The smallest absolute Gasteiger partial charge is 0.310 e. The number of pyridine rings is 1. The molecule has 0 bridgehead atoms. The lowest BCUT2D eigenvalue weighted by atomic mass is 9.96. The highest BCUT2D eigenvalue weighted by molar-refractivity contribution is 7.89. The number of fused-ring (bicyclic) bond motifs is 1. The molecule has 1 aliphatic heterocycles. The monoisotopic (exact) mass is 350 g/mol. The second kappa shape index (κ2) is 6.12. The fraction of sp³-hybridized carbons (Fsp3) is 0.375. The van der Waals surface area contributed by atoms with Crippen molar-refractivity contribution in [1.82, 2.24) is 9.29 Å². The lowest BCUT2D eigenvalue weighted by Crippen LogP contribution is -2.48. The van der Waals surface area contributed by atoms with Crippen molar-refractivity contribution in [3.63, 3.8) is 0 Å². The Balaban J connectivity index is 2.07. The van der Waals surface area contributed by atoms with Gasteiger partial charge in [-0.25, -0.2) is 8.42 Å². The molecule has 1 aromatic heterocycles. The topological polar surface area (TPSA) is 108 Å². The van der Waals surface area contributed by atoms with E-state index in [1.807, 2.05) is 6.07 Å². The molecule has 0 unspecified atom stereocenters. The van der Waals surface area contributed by atoms with E-state index in [0.29, 0.717) is 10.9 Å². The molecular formula is C16H18N2O5S. The molecule has 8 heteroatoms. The maximum Gasteiger partial charge on any atom is 0.310 e. The molecule has 128 valence electrons. The number of aliphatic hydroxyl groups excluding tert-OH is 1. The van der Waals surface area contributed by atoms with Crippen LogP contribution in [0.2, 0.25) is 0 Å². The van der Waals surface area contributed by atoms with Crippen LogP contribution in [-0.2, 0) is 14.8 Å². The van der Waals surface area contributed by atoms with E-state index in [0.717, 1.165) is 9.87 Å². The molecule has 2 N–H and O–H groups in total. The molecule has 1 saturated heterocycles. The zero-order valence-corrected chi connectivity index (χ0v) is 13.9. The van der Waals surface area contributed by atoms with Crippen LogP contribution in [0.15, 0.2) is 35.4 Å². The number of carbonyl (C=O) groups is 1. The number of piperidine rings is 1. The first-order valence-corrected chi connectivity index (χ1v) is 9.01. The van der Waals surface area contributed by atoms with E-state index in [9.17, 15) is 23.4 Å². The molecule has 2 aromatic rings. The summed E-state index contributed by atoms with van der Waals surface area (Å²) in [6.45, 7) is 1.63. The van der Waals surface area contributed by atoms with Crippen LogP contribution >= 0.6 is 0 Å². The van der Waals surface area contributed by atoms with Crippen LogP contribution in [-0.4, -0.2) is 53.1 Å². The molecule has 2 heterocycles. The number of carboxylic acids is 1. The van der Waals surface area contributed by atoms with Crippen molar-refractivity contribution < 1.29 is 23.4 Å². The summed E-state index contributed by atoms with van der Waals surface area (Å²) in [6.07, 6.45) is 0.575. The molecule has 0 spiro atoms. The highest BCUT2D eigenvalue weighted by Gasteiger charge is 2.39. The number of aliphatic hydroxyl groups is 1. The van der Waals surface area contributed by atoms with Crippen LogP contribution in [0.3, 0.4) is 0 Å². The van der Waals surface area contributed by atoms with Gasteiger partial charge >= 0.3 is 5.97 Å². The van der Waals surface area contributed by atoms with Crippen molar-refractivity contribution in [2.75, 3.05) is 13.1 Å². The number of sulfonamides is 1. The van der Waals surface area contributed by atoms with Crippen molar-refractivity contribution in [3.05, 3.63) is 36.0 Å². The van der Waals surface area contributed by atoms with Crippen LogP contribution in [0.25, 0.3) is 10.9 Å². The first-order valence-electron chi connectivity index (χ1n) is 7.57. The Hall–Kier alpha value is -2.03. The second-order valence-corrected chi connectivity index (χ2v) is 7.91. The molecular weight excluding hydrogens is 332 g/mol. The zero-order chi connectivity index (χ0) is 17.5. The molecule has 2 atom stereocenters. The van der Waals surface area contributed by atoms with Crippen LogP contribution in [0.4, 0.5) is 0 Å². The van der Waals surface area contributed by atoms with Crippen molar-refractivity contribution in [2.24, 2.45) is 5.92 Å². The van der Waals surface area contributed by atoms with Crippen LogP contribution in [0, 0.1) is 12.8 Å². The Labute approximate surface area is 139 Å². The maximum absolute atomic E-state index is 13.0. The van der Waals surface area contributed by atoms with E-state index in [4.69, 9.17) is 0 Å². The largest absolute Gasteiger partial charge is 0.481 e. The predicted octanol–water partition coefficient (Wildman–Crippen LogP) is 0.999. The first kappa shape index (κ1) is 16.8. The number of hydrogen-bond donors (Lipinski definition) is 2. The maximum atomic E-state index is 13.0. The van der Waals surface area contributed by atoms with Crippen LogP contribution < -0.4 is 0 Å². The number of aliphatic carboxylic acids is 1. The van der Waals surface area contributed by atoms with Gasteiger partial charge in [0.05, 0.1) is 17.5 Å². The predicted molar refractivity (Wildman–Crippen MR) is 87.0 cm³/mol. The lowest BCUT2D eigenvalue weighted by Gasteiger charge is -2.33. The lowest BCUT2D eigenvalue weighted by molar-refractivity contribution is -0.147. The minimum Gasteiger partial charge on any atom is -0.481 e. The van der Waals surface area contributed by atoms with Gasteiger partial charge in [-0.3, -0.25) is 9.78 Å². The third-order valence-electron chi connectivity index (χ3n) is 4.29. The van der Waals surface area contributed by atoms with Gasteiger partial charge in [0.25, 0.3) is 0 Å². The van der Waals surface area contributed by atoms with Crippen molar-refractivity contribution in [3.8, 4) is 0 Å². The summed E-state index contributed by atoms with van der Waals surface area (Å²) in [5.74, 6) is -2.33. The number of rotatable bonds is 3. The highest BCUT2D eigenvalue weighted by Crippen LogP contribution is 2.29. The third-order valence-corrected chi connectivity index (χ3v) is 6.17. The van der Waals surface area contributed by atoms with Gasteiger partial charge in [-0.2, -0.15) is 4.31 Å². The van der Waals surface area contributed by atoms with Gasteiger partial charge in [-0.05, 0) is 37.1 Å². The summed E-state index contributed by atoms with van der Waals surface area (Å²) in [5.41, 5.74) is 1.14. The summed E-state index contributed by atoms with van der Waals surface area (Å²) >= 11 is 0. The molecule has 0 aliphatic carbocycles. The van der Waals surface area contributed by atoms with Crippen molar-refractivity contribution in [1.29, 1.82) is 0 Å². The molecule has 0 radical (unpaired) electrons.